The molecule has 0 spiro atoms. The van der Waals surface area contributed by atoms with Crippen LogP contribution in [0.25, 0.3) is 0 Å². The lowest BCUT2D eigenvalue weighted by Crippen LogP contribution is -2.62. The van der Waals surface area contributed by atoms with Crippen molar-refractivity contribution >= 4 is 47.3 Å². The Labute approximate surface area is 370 Å². The predicted octanol–water partition coefficient (Wildman–Crippen LogP) is 1.04. The molecule has 13 atom stereocenters. The molecule has 13 unspecified atom stereocenters. The Morgan fingerprint density at radius 3 is 2.17 bits per heavy atom. The summed E-state index contributed by atoms with van der Waals surface area (Å²) in [5.74, 6) is -7.80. The lowest BCUT2D eigenvalue weighted by Gasteiger charge is -2.42. The number of nitrogens with one attached hydrogen (secondary N) is 4. The van der Waals surface area contributed by atoms with Gasteiger partial charge in [-0.2, -0.15) is 0 Å². The lowest BCUT2D eigenvalue weighted by molar-refractivity contribution is -0.163. The minimum Gasteiger partial charge on any atom is -0.497 e. The van der Waals surface area contributed by atoms with Gasteiger partial charge < -0.3 is 50.4 Å². The Morgan fingerprint density at radius 1 is 0.937 bits per heavy atom. The SMILES string of the molecule is CCC(C)C1NC(=O)C(NC(=O)C(C)NC)C(C)OC(=O)C(Cc2ccc(OC)cc2)N(C)C(=O)C2CCC3C(C)CC(NC(=O)C(C)C(=O)C(C(C)C)OC(=O)CC1O)C(=O)N23. The van der Waals surface area contributed by atoms with Crippen LogP contribution in [0.3, 0.4) is 0 Å². The standard InChI is InChI=1S/C45H68N6O12/c1-12-23(4)36-34(52)21-35(53)63-39(22(2)3)38(54)25(6)40(55)47-30-19-24(5)31-17-18-32(51(31)43(30)58)44(59)50(10)33(20-28-13-15-29(61-11)16-14-28)45(60)62-27(8)37(42(57)48-36)49-41(56)26(7)46-9/h13-16,22-27,30-34,36-37,39,46,52H,12,17-21H2,1-11H3,(H,47,55)(H,48,57)(H,49,56). The third-order valence-corrected chi connectivity index (χ3v) is 13.0. The third kappa shape index (κ3) is 11.9. The van der Waals surface area contributed by atoms with E-state index in [9.17, 15) is 43.5 Å². The second-order valence-electron chi connectivity index (χ2n) is 17.8. The van der Waals surface area contributed by atoms with E-state index in [0.717, 1.165) is 0 Å². The summed E-state index contributed by atoms with van der Waals surface area (Å²) in [6.45, 7) is 13.1. The van der Waals surface area contributed by atoms with Crippen LogP contribution in [0, 0.1) is 23.7 Å². The molecule has 0 aromatic heterocycles. The van der Waals surface area contributed by atoms with Gasteiger partial charge in [-0.15, -0.1) is 0 Å². The zero-order valence-electron chi connectivity index (χ0n) is 38.5. The summed E-state index contributed by atoms with van der Waals surface area (Å²) in [4.78, 5) is 115. The van der Waals surface area contributed by atoms with E-state index in [2.05, 4.69) is 21.3 Å². The number of piperidine rings is 1. The molecule has 2 bridgehead atoms. The second kappa shape index (κ2) is 22.0. The zero-order valence-corrected chi connectivity index (χ0v) is 38.5. The van der Waals surface area contributed by atoms with Gasteiger partial charge >= 0.3 is 11.9 Å². The zero-order chi connectivity index (χ0) is 47.0. The van der Waals surface area contributed by atoms with Crippen molar-refractivity contribution in [1.29, 1.82) is 0 Å². The number of hydrogen-bond acceptors (Lipinski definition) is 13. The molecule has 63 heavy (non-hydrogen) atoms. The van der Waals surface area contributed by atoms with Gasteiger partial charge in [-0.1, -0.05) is 53.2 Å². The number of ketones is 1. The van der Waals surface area contributed by atoms with Crippen molar-refractivity contribution in [2.24, 2.45) is 23.7 Å². The summed E-state index contributed by atoms with van der Waals surface area (Å²) in [6.07, 6.45) is -3.51. The number of nitrogens with zero attached hydrogens (tertiary/aromatic N) is 2. The van der Waals surface area contributed by atoms with Crippen LogP contribution in [0.1, 0.15) is 93.1 Å². The first-order chi connectivity index (χ1) is 29.6. The number of ether oxygens (including phenoxy) is 3. The highest BCUT2D eigenvalue weighted by atomic mass is 16.6. The molecule has 1 aromatic rings. The fourth-order valence-electron chi connectivity index (χ4n) is 8.58. The topological polar surface area (TPSA) is 239 Å². The number of benzene rings is 1. The molecule has 0 saturated carbocycles. The molecule has 3 aliphatic rings. The van der Waals surface area contributed by atoms with Gasteiger partial charge in [0.1, 0.15) is 36.0 Å². The lowest BCUT2D eigenvalue weighted by atomic mass is 9.87. The molecule has 18 heteroatoms. The van der Waals surface area contributed by atoms with Crippen LogP contribution in [0.4, 0.5) is 0 Å². The van der Waals surface area contributed by atoms with Crippen LogP contribution in [-0.4, -0.2) is 144 Å². The van der Waals surface area contributed by atoms with Crippen LogP contribution < -0.4 is 26.0 Å². The smallest absolute Gasteiger partial charge is 0.329 e. The summed E-state index contributed by atoms with van der Waals surface area (Å²) in [5, 5.41) is 22.5. The van der Waals surface area contributed by atoms with Gasteiger partial charge in [0.25, 0.3) is 0 Å². The number of aliphatic hydroxyl groups is 1. The van der Waals surface area contributed by atoms with Crippen molar-refractivity contribution in [3.8, 4) is 5.75 Å². The van der Waals surface area contributed by atoms with Gasteiger partial charge in [0, 0.05) is 19.5 Å². The van der Waals surface area contributed by atoms with Gasteiger partial charge in [-0.05, 0) is 82.5 Å². The maximum Gasteiger partial charge on any atom is 0.329 e. The normalized spacial score (nSPS) is 31.7. The van der Waals surface area contributed by atoms with Crippen LogP contribution in [0.2, 0.25) is 0 Å². The maximum absolute atomic E-state index is 14.7. The number of aliphatic hydroxyl groups excluding tert-OH is 1. The van der Waals surface area contributed by atoms with E-state index in [4.69, 9.17) is 14.2 Å². The molecular weight excluding hydrogens is 817 g/mol. The number of Topliss-reactive ketones (excluding diaryl/α,β-unsaturated/α-hetero) is 1. The first-order valence-electron chi connectivity index (χ1n) is 22.1. The Morgan fingerprint density at radius 2 is 1.59 bits per heavy atom. The monoisotopic (exact) mass is 884 g/mol. The number of methoxy groups -OCH3 is 1. The van der Waals surface area contributed by atoms with Crippen LogP contribution in [0.5, 0.6) is 5.75 Å². The average Bonchev–Trinajstić information content (AvgIpc) is 3.71. The van der Waals surface area contributed by atoms with Crippen LogP contribution in [-0.2, 0) is 54.3 Å². The van der Waals surface area contributed by atoms with E-state index in [1.807, 2.05) is 13.8 Å². The number of amides is 5. The van der Waals surface area contributed by atoms with E-state index in [0.29, 0.717) is 24.2 Å². The van der Waals surface area contributed by atoms with E-state index in [1.54, 1.807) is 59.0 Å². The highest BCUT2D eigenvalue weighted by Gasteiger charge is 2.51. The number of rotatable bonds is 9. The molecule has 4 rings (SSSR count). The second-order valence-corrected chi connectivity index (χ2v) is 17.8. The Bertz CT molecular complexity index is 1840. The van der Waals surface area contributed by atoms with Gasteiger partial charge in [0.05, 0.1) is 37.6 Å². The van der Waals surface area contributed by atoms with E-state index in [1.165, 1.54) is 37.8 Å². The molecular formula is C45H68N6O12. The summed E-state index contributed by atoms with van der Waals surface area (Å²) in [5.41, 5.74) is 0.634. The largest absolute Gasteiger partial charge is 0.497 e. The first kappa shape index (κ1) is 50.5. The highest BCUT2D eigenvalue weighted by Crippen LogP contribution is 2.37. The number of likely N-dealkylation sites (N-methyl/N-ethyl adjacent to an activating group) is 2. The number of carbonyl (C=O) groups is 8. The minimum atomic E-state index is -1.54. The molecule has 18 nitrogen and oxygen atoms in total. The van der Waals surface area contributed by atoms with Crippen molar-refractivity contribution in [1.82, 2.24) is 31.1 Å². The van der Waals surface area contributed by atoms with Crippen molar-refractivity contribution in [3.63, 3.8) is 0 Å². The Hall–Kier alpha value is -5.10. The van der Waals surface area contributed by atoms with Crippen LogP contribution >= 0.6 is 0 Å². The molecule has 0 aliphatic carbocycles. The van der Waals surface area contributed by atoms with Crippen molar-refractivity contribution < 1.29 is 57.7 Å². The fourth-order valence-corrected chi connectivity index (χ4v) is 8.58. The van der Waals surface area contributed by atoms with Crippen molar-refractivity contribution in [2.45, 2.75) is 155 Å². The number of carbonyl (C=O) groups excluding carboxylic acids is 8. The van der Waals surface area contributed by atoms with E-state index in [-0.39, 0.29) is 31.2 Å². The average molecular weight is 885 g/mol. The molecule has 5 N–H and O–H groups in total. The number of cyclic esters (lactones) is 2. The predicted molar refractivity (Wildman–Crippen MR) is 230 cm³/mol. The molecule has 1 aromatic carbocycles. The van der Waals surface area contributed by atoms with Gasteiger partial charge in [-0.3, -0.25) is 33.6 Å². The van der Waals surface area contributed by atoms with Gasteiger partial charge in [-0.25, -0.2) is 4.79 Å². The van der Waals surface area contributed by atoms with E-state index >= 15 is 0 Å². The summed E-state index contributed by atoms with van der Waals surface area (Å²) in [7, 11) is 4.50. The summed E-state index contributed by atoms with van der Waals surface area (Å²) < 4.78 is 16.9. The molecule has 3 aliphatic heterocycles. The fraction of sp³-hybridized carbons (Fsp3) is 0.689. The van der Waals surface area contributed by atoms with Crippen molar-refractivity contribution in [2.75, 3.05) is 21.2 Å². The Balaban J connectivity index is 1.82. The molecule has 3 heterocycles. The third-order valence-electron chi connectivity index (χ3n) is 13.0. The molecule has 5 amide bonds. The van der Waals surface area contributed by atoms with Gasteiger partial charge in [0.15, 0.2) is 11.9 Å². The molecule has 3 fully saturated rings. The Kier molecular flexibility index (Phi) is 17.6. The number of hydrogen-bond donors (Lipinski definition) is 5. The minimum absolute atomic E-state index is 0.0430. The van der Waals surface area contributed by atoms with Gasteiger partial charge in [0.2, 0.25) is 29.5 Å². The van der Waals surface area contributed by atoms with Crippen LogP contribution in [0.15, 0.2) is 24.3 Å². The molecule has 350 valence electrons. The summed E-state index contributed by atoms with van der Waals surface area (Å²) in [6, 6.07) is -0.247. The highest BCUT2D eigenvalue weighted by molar-refractivity contribution is 6.05. The maximum atomic E-state index is 14.7. The quantitative estimate of drug-likeness (QED) is 0.172. The number of esters is 2. The number of fused-ring (bicyclic) bond motifs is 1. The van der Waals surface area contributed by atoms with Crippen molar-refractivity contribution in [3.05, 3.63) is 29.8 Å². The van der Waals surface area contributed by atoms with E-state index < -0.39 is 126 Å². The molecule has 3 saturated heterocycles. The first-order valence-corrected chi connectivity index (χ1v) is 22.1. The molecule has 0 radical (unpaired) electrons. The summed E-state index contributed by atoms with van der Waals surface area (Å²) >= 11 is 0.